The summed E-state index contributed by atoms with van der Waals surface area (Å²) in [5, 5.41) is 6.80. The van der Waals surface area contributed by atoms with E-state index in [1.807, 2.05) is 19.2 Å². The van der Waals surface area contributed by atoms with E-state index < -0.39 is 0 Å². The van der Waals surface area contributed by atoms with Crippen molar-refractivity contribution in [1.82, 2.24) is 25.2 Å². The van der Waals surface area contributed by atoms with Crippen molar-refractivity contribution in [2.75, 3.05) is 25.5 Å². The van der Waals surface area contributed by atoms with E-state index in [9.17, 15) is 4.79 Å². The van der Waals surface area contributed by atoms with Gasteiger partial charge in [0.15, 0.2) is 5.82 Å². The van der Waals surface area contributed by atoms with Gasteiger partial charge in [-0.05, 0) is 56.7 Å². The van der Waals surface area contributed by atoms with E-state index in [2.05, 4.69) is 44.3 Å². The lowest BCUT2D eigenvalue weighted by Crippen LogP contribution is -2.49. The average Bonchev–Trinajstić information content (AvgIpc) is 2.92. The Bertz CT molecular complexity index is 858. The van der Waals surface area contributed by atoms with Crippen molar-refractivity contribution in [3.8, 4) is 0 Å². The van der Waals surface area contributed by atoms with Crippen LogP contribution in [-0.4, -0.2) is 57.5 Å². The fourth-order valence-corrected chi connectivity index (χ4v) is 4.64. The minimum Gasteiger partial charge on any atom is -0.363 e. The van der Waals surface area contributed by atoms with Crippen LogP contribution >= 0.6 is 0 Å². The minimum absolute atomic E-state index is 0.0182. The third kappa shape index (κ3) is 3.81. The highest BCUT2D eigenvalue weighted by molar-refractivity contribution is 5.85. The second-order valence-corrected chi connectivity index (χ2v) is 9.19. The molecule has 7 heteroatoms. The highest BCUT2D eigenvalue weighted by atomic mass is 16.2. The molecule has 2 aliphatic rings. The van der Waals surface area contributed by atoms with Gasteiger partial charge in [0.25, 0.3) is 0 Å². The number of aromatic nitrogens is 3. The molecule has 3 heterocycles. The van der Waals surface area contributed by atoms with Crippen LogP contribution < -0.4 is 10.6 Å². The molecule has 0 spiro atoms. The van der Waals surface area contributed by atoms with Gasteiger partial charge in [-0.25, -0.2) is 9.97 Å². The lowest BCUT2D eigenvalue weighted by Gasteiger charge is -2.43. The maximum absolute atomic E-state index is 12.7. The monoisotopic (exact) mass is 382 g/mol. The second-order valence-electron chi connectivity index (χ2n) is 9.19. The molecule has 150 valence electrons. The number of likely N-dealkylation sites (tertiary alicyclic amines) is 1. The number of rotatable bonds is 6. The molecule has 2 aromatic heterocycles. The van der Waals surface area contributed by atoms with Gasteiger partial charge < -0.3 is 10.6 Å². The SMILES string of the molecule is CN1CC(C)(C)CC1C(=O)NCCC1(Nc2ncnc3cccnc23)CCC1. The number of hydrogen-bond acceptors (Lipinski definition) is 6. The van der Waals surface area contributed by atoms with Crippen LogP contribution in [0.3, 0.4) is 0 Å². The number of fused-ring (bicyclic) bond motifs is 1. The number of pyridine rings is 1. The zero-order valence-corrected chi connectivity index (χ0v) is 17.0. The number of nitrogens with zero attached hydrogens (tertiary/aromatic N) is 4. The maximum Gasteiger partial charge on any atom is 0.237 e. The van der Waals surface area contributed by atoms with Crippen molar-refractivity contribution >= 4 is 22.8 Å². The topological polar surface area (TPSA) is 83.0 Å². The van der Waals surface area contributed by atoms with E-state index in [0.717, 1.165) is 49.1 Å². The van der Waals surface area contributed by atoms with Crippen LogP contribution in [0.15, 0.2) is 24.7 Å². The number of likely N-dealkylation sites (N-methyl/N-ethyl adjacent to an activating group) is 1. The molecule has 1 saturated heterocycles. The van der Waals surface area contributed by atoms with Gasteiger partial charge in [-0.3, -0.25) is 14.7 Å². The summed E-state index contributed by atoms with van der Waals surface area (Å²) in [7, 11) is 2.04. The van der Waals surface area contributed by atoms with E-state index >= 15 is 0 Å². The average molecular weight is 383 g/mol. The van der Waals surface area contributed by atoms with Crippen LogP contribution in [0.2, 0.25) is 0 Å². The summed E-state index contributed by atoms with van der Waals surface area (Å²) in [4.78, 5) is 28.0. The number of carbonyl (C=O) groups is 1. The minimum atomic E-state index is -0.0209. The normalized spacial score (nSPS) is 23.3. The Balaban J connectivity index is 1.37. The van der Waals surface area contributed by atoms with Gasteiger partial charge in [0.1, 0.15) is 11.8 Å². The summed E-state index contributed by atoms with van der Waals surface area (Å²) < 4.78 is 0. The standard InChI is InChI=1S/C21H30N6O/c1-20(2)12-16(27(3)13-20)19(28)23-11-9-21(7-5-8-21)26-18-17-15(24-14-25-18)6-4-10-22-17/h4,6,10,14,16H,5,7-9,11-13H2,1-3H3,(H,23,28)(H,24,25,26). The van der Waals surface area contributed by atoms with Gasteiger partial charge in [0, 0.05) is 24.8 Å². The summed E-state index contributed by atoms with van der Waals surface area (Å²) in [6, 6.07) is 3.81. The molecule has 2 fully saturated rings. The van der Waals surface area contributed by atoms with Crippen LogP contribution in [0.1, 0.15) is 46.0 Å². The lowest BCUT2D eigenvalue weighted by atomic mass is 9.74. The first kappa shape index (κ1) is 19.1. The van der Waals surface area contributed by atoms with Gasteiger partial charge in [-0.1, -0.05) is 13.8 Å². The van der Waals surface area contributed by atoms with E-state index in [0.29, 0.717) is 6.54 Å². The largest absolute Gasteiger partial charge is 0.363 e. The molecule has 1 amide bonds. The van der Waals surface area contributed by atoms with Crippen LogP contribution in [-0.2, 0) is 4.79 Å². The van der Waals surface area contributed by atoms with Crippen molar-refractivity contribution in [1.29, 1.82) is 0 Å². The number of nitrogens with one attached hydrogen (secondary N) is 2. The molecular formula is C21H30N6O. The quantitative estimate of drug-likeness (QED) is 0.799. The molecule has 1 saturated carbocycles. The molecule has 1 unspecified atom stereocenters. The van der Waals surface area contributed by atoms with Crippen LogP contribution in [0.4, 0.5) is 5.82 Å². The molecule has 28 heavy (non-hydrogen) atoms. The van der Waals surface area contributed by atoms with Gasteiger partial charge in [-0.15, -0.1) is 0 Å². The predicted octanol–water partition coefficient (Wildman–Crippen LogP) is 2.60. The third-order valence-electron chi connectivity index (χ3n) is 6.25. The van der Waals surface area contributed by atoms with E-state index in [1.165, 1.54) is 6.42 Å². The molecule has 2 aromatic rings. The van der Waals surface area contributed by atoms with Crippen molar-refractivity contribution in [2.24, 2.45) is 5.41 Å². The first-order valence-electron chi connectivity index (χ1n) is 10.2. The Morgan fingerprint density at radius 1 is 1.29 bits per heavy atom. The van der Waals surface area contributed by atoms with Crippen molar-refractivity contribution in [3.05, 3.63) is 24.7 Å². The fourth-order valence-electron chi connectivity index (χ4n) is 4.64. The van der Waals surface area contributed by atoms with Gasteiger partial charge in [0.2, 0.25) is 5.91 Å². The Kier molecular flexibility index (Phi) is 4.95. The summed E-state index contributed by atoms with van der Waals surface area (Å²) in [6.45, 7) is 6.09. The first-order valence-corrected chi connectivity index (χ1v) is 10.2. The molecule has 1 aliphatic heterocycles. The maximum atomic E-state index is 12.7. The molecule has 0 radical (unpaired) electrons. The van der Waals surface area contributed by atoms with Crippen molar-refractivity contribution < 1.29 is 4.79 Å². The second kappa shape index (κ2) is 7.28. The Hall–Kier alpha value is -2.28. The highest BCUT2D eigenvalue weighted by Gasteiger charge is 2.40. The van der Waals surface area contributed by atoms with E-state index in [-0.39, 0.29) is 22.9 Å². The molecule has 7 nitrogen and oxygen atoms in total. The fraction of sp³-hybridized carbons (Fsp3) is 0.619. The van der Waals surface area contributed by atoms with E-state index in [4.69, 9.17) is 0 Å². The zero-order valence-electron chi connectivity index (χ0n) is 17.0. The summed E-state index contributed by atoms with van der Waals surface area (Å²) in [5.74, 6) is 0.936. The van der Waals surface area contributed by atoms with Gasteiger partial charge >= 0.3 is 0 Å². The molecule has 2 N–H and O–H groups in total. The van der Waals surface area contributed by atoms with Crippen molar-refractivity contribution in [2.45, 2.75) is 57.5 Å². The predicted molar refractivity (Wildman–Crippen MR) is 110 cm³/mol. The smallest absolute Gasteiger partial charge is 0.237 e. The number of anilines is 1. The van der Waals surface area contributed by atoms with Crippen LogP contribution in [0.5, 0.6) is 0 Å². The summed E-state index contributed by atoms with van der Waals surface area (Å²) in [5.41, 5.74) is 1.83. The number of hydrogen-bond donors (Lipinski definition) is 2. The van der Waals surface area contributed by atoms with Gasteiger partial charge in [-0.2, -0.15) is 0 Å². The van der Waals surface area contributed by atoms with Crippen LogP contribution in [0.25, 0.3) is 11.0 Å². The summed E-state index contributed by atoms with van der Waals surface area (Å²) in [6.07, 6.45) is 8.50. The first-order chi connectivity index (χ1) is 13.4. The Labute approximate surface area is 166 Å². The molecule has 0 aromatic carbocycles. The lowest BCUT2D eigenvalue weighted by molar-refractivity contribution is -0.125. The molecule has 4 rings (SSSR count). The molecule has 1 aliphatic carbocycles. The molecule has 0 bridgehead atoms. The van der Waals surface area contributed by atoms with Crippen LogP contribution in [0, 0.1) is 5.41 Å². The Morgan fingerprint density at radius 2 is 2.11 bits per heavy atom. The zero-order chi connectivity index (χ0) is 19.8. The summed E-state index contributed by atoms with van der Waals surface area (Å²) >= 11 is 0. The van der Waals surface area contributed by atoms with E-state index in [1.54, 1.807) is 12.5 Å². The third-order valence-corrected chi connectivity index (χ3v) is 6.25. The Morgan fingerprint density at radius 3 is 2.79 bits per heavy atom. The van der Waals surface area contributed by atoms with Gasteiger partial charge in [0.05, 0.1) is 11.6 Å². The number of amides is 1. The van der Waals surface area contributed by atoms with Crippen molar-refractivity contribution in [3.63, 3.8) is 0 Å². The molecular weight excluding hydrogens is 352 g/mol. The highest BCUT2D eigenvalue weighted by Crippen LogP contribution is 2.38. The molecule has 1 atom stereocenters. The number of carbonyl (C=O) groups excluding carboxylic acids is 1.